The number of nitrogens with one attached hydrogen (secondary N) is 1. The number of nitrogens with zero attached hydrogens (tertiary/aromatic N) is 4. The second-order valence-electron chi connectivity index (χ2n) is 7.06. The van der Waals surface area contributed by atoms with E-state index in [1.54, 1.807) is 42.1 Å². The maximum absolute atomic E-state index is 12.7. The largest absolute Gasteiger partial charge is 0.497 e. The third-order valence-electron chi connectivity index (χ3n) is 5.03. The van der Waals surface area contributed by atoms with Gasteiger partial charge in [-0.1, -0.05) is 18.2 Å². The number of carbonyl (C=O) groups excluding carboxylic acids is 1. The van der Waals surface area contributed by atoms with Crippen LogP contribution in [0.25, 0.3) is 16.6 Å². The summed E-state index contributed by atoms with van der Waals surface area (Å²) in [6.45, 7) is 0.177. The first-order valence-corrected chi connectivity index (χ1v) is 9.97. The standard InChI is InChI=1S/C24H19N5O3/c1-31-18-8-9-19-20(13-18)25-12-11-21(19)32-15-23-28-27-22-10-7-16(14-29(22)23)24(30)26-17-5-3-2-4-6-17/h2-14H,15H2,1H3,(H,26,30). The molecule has 0 aliphatic heterocycles. The molecule has 5 rings (SSSR count). The Morgan fingerprint density at radius 3 is 2.75 bits per heavy atom. The second-order valence-corrected chi connectivity index (χ2v) is 7.06. The average molecular weight is 425 g/mol. The number of aromatic nitrogens is 4. The number of ether oxygens (including phenoxy) is 2. The van der Waals surface area contributed by atoms with Crippen molar-refractivity contribution in [1.29, 1.82) is 0 Å². The first-order valence-electron chi connectivity index (χ1n) is 9.97. The van der Waals surface area contributed by atoms with Crippen LogP contribution in [-0.4, -0.2) is 32.6 Å². The number of methoxy groups -OCH3 is 1. The molecule has 0 aliphatic rings. The van der Waals surface area contributed by atoms with Crippen molar-refractivity contribution in [1.82, 2.24) is 19.6 Å². The molecule has 8 heteroatoms. The zero-order chi connectivity index (χ0) is 21.9. The van der Waals surface area contributed by atoms with Gasteiger partial charge in [-0.2, -0.15) is 0 Å². The van der Waals surface area contributed by atoms with Crippen LogP contribution in [0, 0.1) is 0 Å². The Morgan fingerprint density at radius 2 is 1.91 bits per heavy atom. The highest BCUT2D eigenvalue weighted by Gasteiger charge is 2.12. The lowest BCUT2D eigenvalue weighted by Gasteiger charge is -2.09. The molecular weight excluding hydrogens is 406 g/mol. The number of hydrogen-bond acceptors (Lipinski definition) is 6. The Bertz CT molecular complexity index is 1420. The van der Waals surface area contributed by atoms with Gasteiger partial charge in [0.25, 0.3) is 5.91 Å². The van der Waals surface area contributed by atoms with Gasteiger partial charge in [-0.3, -0.25) is 14.2 Å². The summed E-state index contributed by atoms with van der Waals surface area (Å²) in [6, 6.07) is 20.2. The molecule has 2 aromatic carbocycles. The maximum Gasteiger partial charge on any atom is 0.257 e. The summed E-state index contributed by atoms with van der Waals surface area (Å²) in [7, 11) is 1.62. The van der Waals surface area contributed by atoms with Crippen molar-refractivity contribution in [2.75, 3.05) is 12.4 Å². The molecule has 0 bridgehead atoms. The van der Waals surface area contributed by atoms with Crippen LogP contribution < -0.4 is 14.8 Å². The van der Waals surface area contributed by atoms with Crippen molar-refractivity contribution in [2.45, 2.75) is 6.61 Å². The Labute approximate surface area is 183 Å². The molecule has 8 nitrogen and oxygen atoms in total. The third kappa shape index (κ3) is 3.81. The van der Waals surface area contributed by atoms with E-state index in [0.29, 0.717) is 22.8 Å². The van der Waals surface area contributed by atoms with Gasteiger partial charge in [0, 0.05) is 29.5 Å². The normalized spacial score (nSPS) is 10.9. The van der Waals surface area contributed by atoms with Crippen LogP contribution in [0.5, 0.6) is 11.5 Å². The molecule has 1 amide bonds. The molecule has 158 valence electrons. The highest BCUT2D eigenvalue weighted by atomic mass is 16.5. The van der Waals surface area contributed by atoms with Crippen molar-refractivity contribution < 1.29 is 14.3 Å². The van der Waals surface area contributed by atoms with Crippen LogP contribution >= 0.6 is 0 Å². The van der Waals surface area contributed by atoms with E-state index in [1.165, 1.54) is 0 Å². The van der Waals surface area contributed by atoms with Crippen molar-refractivity contribution in [3.63, 3.8) is 0 Å². The van der Waals surface area contributed by atoms with Gasteiger partial charge in [0.15, 0.2) is 11.5 Å². The Balaban J connectivity index is 1.39. The third-order valence-corrected chi connectivity index (χ3v) is 5.03. The highest BCUT2D eigenvalue weighted by Crippen LogP contribution is 2.27. The van der Waals surface area contributed by atoms with Crippen LogP contribution in [0.3, 0.4) is 0 Å². The van der Waals surface area contributed by atoms with Gasteiger partial charge in [0.1, 0.15) is 18.1 Å². The van der Waals surface area contributed by atoms with Crippen molar-refractivity contribution in [3.05, 3.63) is 90.5 Å². The predicted octanol–water partition coefficient (Wildman–Crippen LogP) is 4.12. The molecule has 0 saturated heterocycles. The molecule has 0 atom stereocenters. The Morgan fingerprint density at radius 1 is 1.03 bits per heavy atom. The lowest BCUT2D eigenvalue weighted by molar-refractivity contribution is 0.102. The molecule has 0 saturated carbocycles. The minimum absolute atomic E-state index is 0.177. The fraction of sp³-hybridized carbons (Fsp3) is 0.0833. The van der Waals surface area contributed by atoms with Gasteiger partial charge < -0.3 is 14.8 Å². The average Bonchev–Trinajstić information content (AvgIpc) is 3.25. The number of amides is 1. The van der Waals surface area contributed by atoms with Gasteiger partial charge in [0.2, 0.25) is 0 Å². The van der Waals surface area contributed by atoms with Crippen molar-refractivity contribution >= 4 is 28.1 Å². The number of carbonyl (C=O) groups is 1. The first kappa shape index (κ1) is 19.5. The predicted molar refractivity (Wildman–Crippen MR) is 120 cm³/mol. The zero-order valence-electron chi connectivity index (χ0n) is 17.2. The number of anilines is 1. The van der Waals surface area contributed by atoms with E-state index < -0.39 is 0 Å². The molecule has 1 N–H and O–H groups in total. The van der Waals surface area contributed by atoms with E-state index in [-0.39, 0.29) is 12.5 Å². The quantitative estimate of drug-likeness (QED) is 0.440. The summed E-state index contributed by atoms with van der Waals surface area (Å²) in [4.78, 5) is 17.0. The highest BCUT2D eigenvalue weighted by molar-refractivity contribution is 6.04. The SMILES string of the molecule is COc1ccc2c(OCc3nnc4ccc(C(=O)Nc5ccccc5)cn34)ccnc2c1. The van der Waals surface area contributed by atoms with E-state index in [0.717, 1.165) is 22.3 Å². The summed E-state index contributed by atoms with van der Waals surface area (Å²) < 4.78 is 13.1. The van der Waals surface area contributed by atoms with E-state index in [2.05, 4.69) is 20.5 Å². The second kappa shape index (κ2) is 8.35. The molecule has 3 aromatic heterocycles. The van der Waals surface area contributed by atoms with Crippen LogP contribution in [0.15, 0.2) is 79.1 Å². The Hall–Kier alpha value is -4.46. The van der Waals surface area contributed by atoms with Crippen LogP contribution in [-0.2, 0) is 6.61 Å². The molecule has 5 aromatic rings. The zero-order valence-corrected chi connectivity index (χ0v) is 17.2. The van der Waals surface area contributed by atoms with Crippen molar-refractivity contribution in [2.24, 2.45) is 0 Å². The number of para-hydroxylation sites is 1. The van der Waals surface area contributed by atoms with E-state index >= 15 is 0 Å². The molecule has 0 radical (unpaired) electrons. The molecular formula is C24H19N5O3. The minimum atomic E-state index is -0.215. The first-order chi connectivity index (χ1) is 15.7. The fourth-order valence-corrected chi connectivity index (χ4v) is 3.39. The van der Waals surface area contributed by atoms with Gasteiger partial charge in [-0.05, 0) is 42.5 Å². The molecule has 32 heavy (non-hydrogen) atoms. The molecule has 0 fully saturated rings. The number of pyridine rings is 2. The van der Waals surface area contributed by atoms with Crippen molar-refractivity contribution in [3.8, 4) is 11.5 Å². The summed E-state index contributed by atoms with van der Waals surface area (Å²) in [5.41, 5.74) is 2.62. The molecule has 0 aliphatic carbocycles. The maximum atomic E-state index is 12.7. The lowest BCUT2D eigenvalue weighted by atomic mass is 10.2. The number of benzene rings is 2. The van der Waals surface area contributed by atoms with Crippen LogP contribution in [0.2, 0.25) is 0 Å². The number of fused-ring (bicyclic) bond motifs is 2. The summed E-state index contributed by atoms with van der Waals surface area (Å²) in [6.07, 6.45) is 3.40. The topological polar surface area (TPSA) is 90.6 Å². The molecule has 0 spiro atoms. The van der Waals surface area contributed by atoms with Crippen LogP contribution in [0.4, 0.5) is 5.69 Å². The monoisotopic (exact) mass is 425 g/mol. The van der Waals surface area contributed by atoms with E-state index in [4.69, 9.17) is 9.47 Å². The van der Waals surface area contributed by atoms with Crippen LogP contribution in [0.1, 0.15) is 16.2 Å². The number of hydrogen-bond donors (Lipinski definition) is 1. The van der Waals surface area contributed by atoms with Gasteiger partial charge in [-0.15, -0.1) is 10.2 Å². The Kier molecular flexibility index (Phi) is 5.09. The van der Waals surface area contributed by atoms with Gasteiger partial charge in [0.05, 0.1) is 18.2 Å². The molecule has 0 unspecified atom stereocenters. The molecule has 3 heterocycles. The van der Waals surface area contributed by atoms with E-state index in [9.17, 15) is 4.79 Å². The fourth-order valence-electron chi connectivity index (χ4n) is 3.39. The summed E-state index contributed by atoms with van der Waals surface area (Å²) >= 11 is 0. The van der Waals surface area contributed by atoms with Gasteiger partial charge in [-0.25, -0.2) is 0 Å². The smallest absolute Gasteiger partial charge is 0.257 e. The summed E-state index contributed by atoms with van der Waals surface area (Å²) in [5, 5.41) is 12.1. The number of rotatable bonds is 6. The summed E-state index contributed by atoms with van der Waals surface area (Å²) in [5.74, 6) is 1.76. The van der Waals surface area contributed by atoms with E-state index in [1.807, 2.05) is 48.5 Å². The van der Waals surface area contributed by atoms with Gasteiger partial charge >= 0.3 is 0 Å². The lowest BCUT2D eigenvalue weighted by Crippen LogP contribution is -2.13. The minimum Gasteiger partial charge on any atom is -0.497 e.